The first-order valence-corrected chi connectivity index (χ1v) is 19.1. The van der Waals surface area contributed by atoms with E-state index >= 15 is 0 Å². The summed E-state index contributed by atoms with van der Waals surface area (Å²) in [5.74, 6) is 1.79. The topological polar surface area (TPSA) is 18.5 Å². The first-order chi connectivity index (χ1) is 22.3. The van der Waals surface area contributed by atoms with Crippen LogP contribution < -0.4 is 9.47 Å². The third-order valence-corrected chi connectivity index (χ3v) is 8.25. The van der Waals surface area contributed by atoms with Crippen molar-refractivity contribution in [1.82, 2.24) is 0 Å². The third kappa shape index (κ3) is 27.8. The Morgan fingerprint density at radius 2 is 0.867 bits per heavy atom. The fraction of sp³-hybridized carbons (Fsp3) is 0.651. The second-order valence-corrected chi connectivity index (χ2v) is 12.6. The lowest BCUT2D eigenvalue weighted by atomic mass is 10.1. The second kappa shape index (κ2) is 33.2. The molecule has 2 heteroatoms. The molecule has 1 aromatic carbocycles. The lowest BCUT2D eigenvalue weighted by molar-refractivity contribution is 0.295. The van der Waals surface area contributed by atoms with E-state index in [1.807, 2.05) is 18.2 Å². The minimum Gasteiger partial charge on any atom is -0.494 e. The minimum atomic E-state index is 0.768. The molecule has 45 heavy (non-hydrogen) atoms. The summed E-state index contributed by atoms with van der Waals surface area (Å²) in [6, 6.07) is 6.06. The highest BCUT2D eigenvalue weighted by Crippen LogP contribution is 2.24. The van der Waals surface area contributed by atoms with Gasteiger partial charge in [0, 0.05) is 0 Å². The molecule has 0 bridgehead atoms. The number of unbranched alkanes of at least 4 members (excludes halogenated alkanes) is 18. The van der Waals surface area contributed by atoms with E-state index < -0.39 is 0 Å². The van der Waals surface area contributed by atoms with Gasteiger partial charge in [-0.1, -0.05) is 140 Å². The molecule has 0 fully saturated rings. The van der Waals surface area contributed by atoms with Crippen molar-refractivity contribution in [3.63, 3.8) is 0 Å². The second-order valence-electron chi connectivity index (χ2n) is 12.6. The number of allylic oxidation sites excluding steroid dienone is 8. The highest BCUT2D eigenvalue weighted by molar-refractivity contribution is 5.41. The standard InChI is InChI=1S/C43H71O2/c1-4-6-8-10-12-14-16-18-20-22-24-26-28-30-32-34-38-44-42-36-37-43(41(3)40-42)45-39-35-33-31-29-27-25-23-21-19-17-15-13-11-9-7-5-2/h12-15,18-21,36-37,40H,3-11,16-17,22-35,38-39H2,1-2H3/b14-12-,15-13-,20-18-,21-19-. The largest absolute Gasteiger partial charge is 0.494 e. The van der Waals surface area contributed by atoms with Gasteiger partial charge in [-0.15, -0.1) is 0 Å². The van der Waals surface area contributed by atoms with Crippen LogP contribution in [-0.4, -0.2) is 13.2 Å². The van der Waals surface area contributed by atoms with Crippen molar-refractivity contribution in [2.75, 3.05) is 13.2 Å². The molecule has 0 atom stereocenters. The molecule has 0 aliphatic rings. The van der Waals surface area contributed by atoms with Crippen LogP contribution in [0.2, 0.25) is 0 Å². The van der Waals surface area contributed by atoms with Crippen molar-refractivity contribution in [2.45, 2.75) is 168 Å². The normalized spacial score (nSPS) is 12.1. The highest BCUT2D eigenvalue weighted by Gasteiger charge is 2.03. The maximum Gasteiger partial charge on any atom is 0.122 e. The van der Waals surface area contributed by atoms with Gasteiger partial charge in [0.15, 0.2) is 0 Å². The van der Waals surface area contributed by atoms with Gasteiger partial charge in [0.2, 0.25) is 0 Å². The first kappa shape index (κ1) is 40.8. The maximum atomic E-state index is 6.01. The number of benzene rings is 1. The Morgan fingerprint density at radius 3 is 1.31 bits per heavy atom. The third-order valence-electron chi connectivity index (χ3n) is 8.25. The van der Waals surface area contributed by atoms with Gasteiger partial charge in [0.05, 0.1) is 13.2 Å². The van der Waals surface area contributed by atoms with Crippen molar-refractivity contribution >= 4 is 0 Å². The van der Waals surface area contributed by atoms with Crippen LogP contribution in [0.25, 0.3) is 0 Å². The Labute approximate surface area is 280 Å². The van der Waals surface area contributed by atoms with Gasteiger partial charge in [-0.3, -0.25) is 0 Å². The van der Waals surface area contributed by atoms with Gasteiger partial charge >= 0.3 is 0 Å². The Kier molecular flexibility index (Phi) is 30.1. The summed E-state index contributed by atoms with van der Waals surface area (Å²) < 4.78 is 12.0. The van der Waals surface area contributed by atoms with Gasteiger partial charge < -0.3 is 9.47 Å². The number of hydrogen-bond donors (Lipinski definition) is 0. The number of hydrogen-bond acceptors (Lipinski definition) is 2. The molecule has 255 valence electrons. The highest BCUT2D eigenvalue weighted by atomic mass is 16.5. The van der Waals surface area contributed by atoms with E-state index in [-0.39, 0.29) is 0 Å². The van der Waals surface area contributed by atoms with Crippen molar-refractivity contribution in [3.05, 3.63) is 79.3 Å². The molecule has 0 saturated heterocycles. The first-order valence-electron chi connectivity index (χ1n) is 19.1. The summed E-state index contributed by atoms with van der Waals surface area (Å²) in [4.78, 5) is 0. The minimum absolute atomic E-state index is 0.768. The van der Waals surface area contributed by atoms with Crippen LogP contribution in [-0.2, 0) is 0 Å². The smallest absolute Gasteiger partial charge is 0.122 e. The van der Waals surface area contributed by atoms with E-state index in [4.69, 9.17) is 9.47 Å². The zero-order valence-corrected chi connectivity index (χ0v) is 29.8. The summed E-state index contributed by atoms with van der Waals surface area (Å²) in [5, 5.41) is 0. The van der Waals surface area contributed by atoms with E-state index in [1.165, 1.54) is 128 Å². The van der Waals surface area contributed by atoms with Gasteiger partial charge in [-0.25, -0.2) is 0 Å². The molecule has 1 aromatic rings. The Balaban J connectivity index is 1.93. The molecule has 0 amide bonds. The van der Waals surface area contributed by atoms with Crippen LogP contribution in [0.4, 0.5) is 0 Å². The molecule has 0 N–H and O–H groups in total. The van der Waals surface area contributed by atoms with Crippen molar-refractivity contribution in [1.29, 1.82) is 0 Å². The van der Waals surface area contributed by atoms with Crippen LogP contribution in [0.1, 0.15) is 174 Å². The molecule has 1 radical (unpaired) electrons. The number of ether oxygens (including phenoxy) is 2. The molecule has 0 saturated carbocycles. The average molecular weight is 620 g/mol. The fourth-order valence-electron chi connectivity index (χ4n) is 5.34. The quantitative estimate of drug-likeness (QED) is 0.0590. The Hall–Kier alpha value is -2.22. The molecule has 1 rings (SSSR count). The summed E-state index contributed by atoms with van der Waals surface area (Å²) >= 11 is 0. The summed E-state index contributed by atoms with van der Waals surface area (Å²) in [5.41, 5.74) is 0.921. The van der Waals surface area contributed by atoms with Gasteiger partial charge in [-0.2, -0.15) is 0 Å². The Morgan fingerprint density at radius 1 is 0.467 bits per heavy atom. The molecule has 0 aliphatic carbocycles. The zero-order valence-electron chi connectivity index (χ0n) is 29.8. The molecule has 0 spiro atoms. The van der Waals surface area contributed by atoms with Crippen molar-refractivity contribution in [2.24, 2.45) is 0 Å². The SMILES string of the molecule is [CH2]c1cc(OCCCCCCCC/C=C\C/C=C\CCCCC)ccc1OCCCCCCCC/C=C\C/C=C\CCCCC. The average Bonchev–Trinajstić information content (AvgIpc) is 3.04. The molecule has 0 aromatic heterocycles. The summed E-state index contributed by atoms with van der Waals surface area (Å²) in [6.45, 7) is 10.2. The lowest BCUT2D eigenvalue weighted by Crippen LogP contribution is -2.01. The molecular formula is C43H71O2. The monoisotopic (exact) mass is 620 g/mol. The zero-order chi connectivity index (χ0) is 32.3. The van der Waals surface area contributed by atoms with Crippen LogP contribution in [0.5, 0.6) is 11.5 Å². The van der Waals surface area contributed by atoms with E-state index in [2.05, 4.69) is 69.4 Å². The summed E-state index contributed by atoms with van der Waals surface area (Å²) in [7, 11) is 0. The van der Waals surface area contributed by atoms with Gasteiger partial charge in [-0.05, 0) is 108 Å². The van der Waals surface area contributed by atoms with Crippen LogP contribution in [0, 0.1) is 6.92 Å². The van der Waals surface area contributed by atoms with Crippen LogP contribution in [0.15, 0.2) is 66.8 Å². The van der Waals surface area contributed by atoms with Gasteiger partial charge in [0.25, 0.3) is 0 Å². The molecular weight excluding hydrogens is 548 g/mol. The molecule has 2 nitrogen and oxygen atoms in total. The maximum absolute atomic E-state index is 6.01. The molecule has 0 heterocycles. The molecule has 0 aliphatic heterocycles. The predicted octanol–water partition coefficient (Wildman–Crippen LogP) is 14.3. The van der Waals surface area contributed by atoms with Crippen molar-refractivity contribution < 1.29 is 9.47 Å². The summed E-state index contributed by atoms with van der Waals surface area (Å²) in [6.07, 6.45) is 49.0. The number of rotatable bonds is 32. The Bertz CT molecular complexity index is 878. The predicted molar refractivity (Wildman–Crippen MR) is 201 cm³/mol. The fourth-order valence-corrected chi connectivity index (χ4v) is 5.34. The van der Waals surface area contributed by atoms with Crippen LogP contribution in [0.3, 0.4) is 0 Å². The van der Waals surface area contributed by atoms with E-state index in [0.717, 1.165) is 56.0 Å². The van der Waals surface area contributed by atoms with Crippen molar-refractivity contribution in [3.8, 4) is 11.5 Å². The molecule has 0 unspecified atom stereocenters. The van der Waals surface area contributed by atoms with Crippen LogP contribution >= 0.6 is 0 Å². The van der Waals surface area contributed by atoms with E-state index in [1.54, 1.807) is 0 Å². The van der Waals surface area contributed by atoms with E-state index in [0.29, 0.717) is 0 Å². The lowest BCUT2D eigenvalue weighted by Gasteiger charge is -2.12. The van der Waals surface area contributed by atoms with Gasteiger partial charge in [0.1, 0.15) is 11.5 Å². The van der Waals surface area contributed by atoms with E-state index in [9.17, 15) is 0 Å².